The maximum atomic E-state index is 12.4. The van der Waals surface area contributed by atoms with Crippen molar-refractivity contribution >= 4 is 23.2 Å². The van der Waals surface area contributed by atoms with E-state index in [1.807, 2.05) is 17.5 Å². The summed E-state index contributed by atoms with van der Waals surface area (Å²) in [4.78, 5) is 31.5. The molecule has 0 spiro atoms. The topological polar surface area (TPSA) is 97.6 Å². The number of piperidine rings is 1. The first-order chi connectivity index (χ1) is 12.7. The quantitative estimate of drug-likeness (QED) is 0.778. The summed E-state index contributed by atoms with van der Waals surface area (Å²) in [5.41, 5.74) is 0. The van der Waals surface area contributed by atoms with Crippen molar-refractivity contribution in [3.63, 3.8) is 0 Å². The minimum absolute atomic E-state index is 0.0450. The fourth-order valence-electron chi connectivity index (χ4n) is 2.94. The van der Waals surface area contributed by atoms with Gasteiger partial charge in [-0.1, -0.05) is 11.2 Å². The number of carbonyl (C=O) groups is 2. The highest BCUT2D eigenvalue weighted by Gasteiger charge is 2.28. The zero-order chi connectivity index (χ0) is 18.4. The Morgan fingerprint density at radius 2 is 2.38 bits per heavy atom. The van der Waals surface area contributed by atoms with Gasteiger partial charge >= 0.3 is 0 Å². The van der Waals surface area contributed by atoms with E-state index in [1.165, 1.54) is 7.11 Å². The van der Waals surface area contributed by atoms with Gasteiger partial charge in [-0.2, -0.15) is 4.98 Å². The van der Waals surface area contributed by atoms with E-state index < -0.39 is 0 Å². The number of ether oxygens (including phenoxy) is 1. The van der Waals surface area contributed by atoms with Gasteiger partial charge in [0, 0.05) is 31.5 Å². The number of aromatic nitrogens is 2. The lowest BCUT2D eigenvalue weighted by Crippen LogP contribution is -2.46. The first-order valence-corrected chi connectivity index (χ1v) is 9.42. The summed E-state index contributed by atoms with van der Waals surface area (Å²) in [7, 11) is 1.49. The minimum Gasteiger partial charge on any atom is -0.375 e. The molecule has 2 aromatic heterocycles. The van der Waals surface area contributed by atoms with Crippen LogP contribution in [-0.4, -0.2) is 53.7 Å². The first kappa shape index (κ1) is 18.5. The third-order valence-electron chi connectivity index (χ3n) is 4.25. The highest BCUT2D eigenvalue weighted by Crippen LogP contribution is 2.17. The van der Waals surface area contributed by atoms with E-state index in [2.05, 4.69) is 15.5 Å². The molecule has 1 N–H and O–H groups in total. The van der Waals surface area contributed by atoms with Gasteiger partial charge in [-0.15, -0.1) is 11.3 Å². The average Bonchev–Trinajstić information content (AvgIpc) is 3.32. The van der Waals surface area contributed by atoms with E-state index in [1.54, 1.807) is 16.2 Å². The van der Waals surface area contributed by atoms with Crippen molar-refractivity contribution in [1.29, 1.82) is 0 Å². The Morgan fingerprint density at radius 3 is 3.15 bits per heavy atom. The predicted octanol–water partition coefficient (Wildman–Crippen LogP) is 1.22. The van der Waals surface area contributed by atoms with Crippen LogP contribution >= 0.6 is 11.3 Å². The highest BCUT2D eigenvalue weighted by atomic mass is 32.1. The molecule has 2 amide bonds. The first-order valence-electron chi connectivity index (χ1n) is 8.54. The Balaban J connectivity index is 1.47. The Bertz CT molecular complexity index is 731. The molecule has 1 aliphatic heterocycles. The smallest absolute Gasteiger partial charge is 0.248 e. The molecule has 1 saturated heterocycles. The van der Waals surface area contributed by atoms with Crippen molar-refractivity contribution in [3.8, 4) is 0 Å². The zero-order valence-corrected chi connectivity index (χ0v) is 15.5. The number of carbonyl (C=O) groups excluding carboxylic acids is 2. The maximum absolute atomic E-state index is 12.4. The summed E-state index contributed by atoms with van der Waals surface area (Å²) >= 11 is 1.64. The number of rotatable bonds is 7. The van der Waals surface area contributed by atoms with E-state index in [-0.39, 0.29) is 30.9 Å². The van der Waals surface area contributed by atoms with Crippen LogP contribution in [0.25, 0.3) is 0 Å². The van der Waals surface area contributed by atoms with Gasteiger partial charge in [0.25, 0.3) is 0 Å². The Labute approximate surface area is 155 Å². The van der Waals surface area contributed by atoms with Crippen LogP contribution in [0.3, 0.4) is 0 Å². The molecule has 1 atom stereocenters. The lowest BCUT2D eigenvalue weighted by atomic mass is 9.97. The number of thiophene rings is 1. The van der Waals surface area contributed by atoms with Crippen LogP contribution in [-0.2, 0) is 27.3 Å². The number of amides is 2. The molecule has 0 bridgehead atoms. The molecule has 140 valence electrons. The summed E-state index contributed by atoms with van der Waals surface area (Å²) < 4.78 is 10.1. The van der Waals surface area contributed by atoms with Gasteiger partial charge < -0.3 is 19.5 Å². The summed E-state index contributed by atoms with van der Waals surface area (Å²) in [6, 6.07) is 3.99. The van der Waals surface area contributed by atoms with Crippen molar-refractivity contribution in [2.24, 2.45) is 5.92 Å². The molecule has 9 heteroatoms. The molecule has 0 aromatic carbocycles. The second-order valence-electron chi connectivity index (χ2n) is 6.19. The fraction of sp³-hybridized carbons (Fsp3) is 0.529. The number of hydrogen-bond acceptors (Lipinski definition) is 7. The Morgan fingerprint density at radius 1 is 1.50 bits per heavy atom. The highest BCUT2D eigenvalue weighted by molar-refractivity contribution is 7.09. The lowest BCUT2D eigenvalue weighted by Gasteiger charge is -2.31. The van der Waals surface area contributed by atoms with Crippen LogP contribution < -0.4 is 5.32 Å². The molecule has 1 aliphatic rings. The molecule has 26 heavy (non-hydrogen) atoms. The third kappa shape index (κ3) is 4.89. The molecular weight excluding hydrogens is 356 g/mol. The van der Waals surface area contributed by atoms with Gasteiger partial charge in [0.15, 0.2) is 5.82 Å². The second-order valence-corrected chi connectivity index (χ2v) is 7.22. The average molecular weight is 378 g/mol. The second kappa shape index (κ2) is 8.91. The Hall–Kier alpha value is -2.26. The molecule has 0 saturated carbocycles. The van der Waals surface area contributed by atoms with Crippen molar-refractivity contribution in [2.45, 2.75) is 25.8 Å². The van der Waals surface area contributed by atoms with Crippen LogP contribution in [0, 0.1) is 5.92 Å². The number of likely N-dealkylation sites (tertiary alicyclic amines) is 1. The normalized spacial score (nSPS) is 17.3. The standard InChI is InChI=1S/C17H22N4O4S/c1-24-11-16(22)21-6-2-4-12(10-21)17(23)18-9-15-19-14(20-25-15)8-13-5-3-7-26-13/h3,5,7,12H,2,4,6,8-11H2,1H3,(H,18,23)/t12-/m1/s1. The Kier molecular flexibility index (Phi) is 6.35. The van der Waals surface area contributed by atoms with E-state index >= 15 is 0 Å². The van der Waals surface area contributed by atoms with Crippen LogP contribution in [0.15, 0.2) is 22.0 Å². The molecule has 2 aromatic rings. The predicted molar refractivity (Wildman–Crippen MR) is 94.4 cm³/mol. The lowest BCUT2D eigenvalue weighted by molar-refractivity contribution is -0.139. The third-order valence-corrected chi connectivity index (χ3v) is 5.13. The number of nitrogens with zero attached hydrogens (tertiary/aromatic N) is 3. The molecule has 3 rings (SSSR count). The van der Waals surface area contributed by atoms with Gasteiger partial charge in [-0.25, -0.2) is 0 Å². The van der Waals surface area contributed by atoms with Crippen LogP contribution in [0.5, 0.6) is 0 Å². The van der Waals surface area contributed by atoms with Crippen LogP contribution in [0.2, 0.25) is 0 Å². The monoisotopic (exact) mass is 378 g/mol. The SMILES string of the molecule is COCC(=O)N1CCC[C@@H](C(=O)NCc2nc(Cc3cccs3)no2)C1. The molecule has 1 fully saturated rings. The minimum atomic E-state index is -0.224. The van der Waals surface area contributed by atoms with E-state index in [4.69, 9.17) is 9.26 Å². The summed E-state index contributed by atoms with van der Waals surface area (Å²) in [5, 5.41) is 8.77. The molecule has 0 unspecified atom stereocenters. The van der Waals surface area contributed by atoms with Crippen molar-refractivity contribution in [2.75, 3.05) is 26.8 Å². The molecule has 3 heterocycles. The number of nitrogens with one attached hydrogen (secondary N) is 1. The van der Waals surface area contributed by atoms with Crippen LogP contribution in [0.1, 0.15) is 29.4 Å². The van der Waals surface area contributed by atoms with Crippen molar-refractivity contribution in [1.82, 2.24) is 20.4 Å². The van der Waals surface area contributed by atoms with Crippen molar-refractivity contribution in [3.05, 3.63) is 34.1 Å². The fourth-order valence-corrected chi connectivity index (χ4v) is 3.64. The summed E-state index contributed by atoms with van der Waals surface area (Å²) in [5.74, 6) is 0.579. The van der Waals surface area contributed by atoms with Gasteiger partial charge in [-0.3, -0.25) is 9.59 Å². The molecule has 8 nitrogen and oxygen atoms in total. The van der Waals surface area contributed by atoms with Gasteiger partial charge in [0.1, 0.15) is 6.61 Å². The van der Waals surface area contributed by atoms with Crippen LogP contribution in [0.4, 0.5) is 0 Å². The number of hydrogen-bond donors (Lipinski definition) is 1. The molecular formula is C17H22N4O4S. The van der Waals surface area contributed by atoms with Gasteiger partial charge in [0.05, 0.1) is 12.5 Å². The molecule has 0 radical (unpaired) electrons. The van der Waals surface area contributed by atoms with Crippen molar-refractivity contribution < 1.29 is 18.8 Å². The van der Waals surface area contributed by atoms with Gasteiger partial charge in [-0.05, 0) is 24.3 Å². The summed E-state index contributed by atoms with van der Waals surface area (Å²) in [6.45, 7) is 1.32. The van der Waals surface area contributed by atoms with Gasteiger partial charge in [0.2, 0.25) is 17.7 Å². The molecule has 0 aliphatic carbocycles. The largest absolute Gasteiger partial charge is 0.375 e. The van der Waals surface area contributed by atoms with E-state index in [0.717, 1.165) is 17.7 Å². The summed E-state index contributed by atoms with van der Waals surface area (Å²) in [6.07, 6.45) is 2.18. The maximum Gasteiger partial charge on any atom is 0.248 e. The zero-order valence-electron chi connectivity index (χ0n) is 14.6. The number of methoxy groups -OCH3 is 1. The van der Waals surface area contributed by atoms with E-state index in [9.17, 15) is 9.59 Å². The van der Waals surface area contributed by atoms with E-state index in [0.29, 0.717) is 31.2 Å².